The highest BCUT2D eigenvalue weighted by atomic mass is 79.9. The van der Waals surface area contributed by atoms with Crippen molar-refractivity contribution in [3.63, 3.8) is 0 Å². The van der Waals surface area contributed by atoms with Crippen molar-refractivity contribution in [2.24, 2.45) is 0 Å². The Kier molecular flexibility index (Phi) is 8.15. The second-order valence-electron chi connectivity index (χ2n) is 8.52. The van der Waals surface area contributed by atoms with E-state index in [2.05, 4.69) is 137 Å². The first-order chi connectivity index (χ1) is 17.9. The molecule has 0 spiro atoms. The van der Waals surface area contributed by atoms with E-state index in [1.807, 2.05) is 0 Å². The Bertz CT molecular complexity index is 1310. The normalized spacial score (nSPS) is 13.2. The van der Waals surface area contributed by atoms with Gasteiger partial charge in [-0.1, -0.05) is 48.5 Å². The molecule has 1 aliphatic carbocycles. The summed E-state index contributed by atoms with van der Waals surface area (Å²) in [6.45, 7) is 0.251. The van der Waals surface area contributed by atoms with Gasteiger partial charge >= 0.3 is 0 Å². The molecule has 0 bridgehead atoms. The summed E-state index contributed by atoms with van der Waals surface area (Å²) in [6, 6.07) is 25.4. The van der Waals surface area contributed by atoms with Gasteiger partial charge in [-0.25, -0.2) is 0 Å². The maximum atomic E-state index is 9.28. The number of fused-ring (bicyclic) bond motifs is 3. The van der Waals surface area contributed by atoms with Crippen molar-refractivity contribution in [1.29, 1.82) is 0 Å². The summed E-state index contributed by atoms with van der Waals surface area (Å²) in [6.07, 6.45) is 0. The van der Waals surface area contributed by atoms with E-state index >= 15 is 0 Å². The van der Waals surface area contributed by atoms with Gasteiger partial charge in [-0.15, -0.1) is 0 Å². The van der Waals surface area contributed by atoms with E-state index in [1.54, 1.807) is 0 Å². The third kappa shape index (κ3) is 4.60. The molecular formula is C29H22Br4O4. The Morgan fingerprint density at radius 3 is 1.27 bits per heavy atom. The van der Waals surface area contributed by atoms with E-state index in [1.165, 1.54) is 22.3 Å². The third-order valence-corrected chi connectivity index (χ3v) is 8.85. The summed E-state index contributed by atoms with van der Waals surface area (Å²) in [5.41, 5.74) is 6.14. The summed E-state index contributed by atoms with van der Waals surface area (Å²) < 4.78 is 14.8. The van der Waals surface area contributed by atoms with Crippen LogP contribution in [0.15, 0.2) is 90.7 Å². The van der Waals surface area contributed by atoms with Gasteiger partial charge in [-0.05, 0) is 121 Å². The molecule has 5 rings (SSSR count). The van der Waals surface area contributed by atoms with Gasteiger partial charge in [-0.2, -0.15) is 0 Å². The van der Waals surface area contributed by atoms with Crippen LogP contribution in [0.2, 0.25) is 0 Å². The molecule has 0 saturated heterocycles. The zero-order chi connectivity index (χ0) is 26.2. The Labute approximate surface area is 249 Å². The molecule has 0 saturated carbocycles. The number of benzene rings is 4. The van der Waals surface area contributed by atoms with Crippen molar-refractivity contribution in [2.75, 3.05) is 26.4 Å². The third-order valence-electron chi connectivity index (χ3n) is 6.49. The Hall–Kier alpha value is -1.68. The fourth-order valence-electron chi connectivity index (χ4n) is 5.15. The molecule has 0 amide bonds. The molecule has 0 unspecified atom stereocenters. The lowest BCUT2D eigenvalue weighted by Gasteiger charge is -2.35. The highest BCUT2D eigenvalue weighted by Gasteiger charge is 2.47. The van der Waals surface area contributed by atoms with Crippen LogP contribution in [-0.2, 0) is 5.41 Å². The van der Waals surface area contributed by atoms with Crippen LogP contribution in [0.3, 0.4) is 0 Å². The second kappa shape index (κ2) is 11.2. The monoisotopic (exact) mass is 750 g/mol. The van der Waals surface area contributed by atoms with Crippen LogP contribution in [0.5, 0.6) is 11.5 Å². The Balaban J connectivity index is 1.85. The largest absolute Gasteiger partial charge is 0.489 e. The van der Waals surface area contributed by atoms with Crippen molar-refractivity contribution >= 4 is 63.7 Å². The Morgan fingerprint density at radius 2 is 0.919 bits per heavy atom. The maximum absolute atomic E-state index is 9.28. The average molecular weight is 754 g/mol. The number of aliphatic hydroxyl groups excluding tert-OH is 2. The molecule has 4 aromatic carbocycles. The topological polar surface area (TPSA) is 58.9 Å². The smallest absolute Gasteiger partial charge is 0.147 e. The molecule has 0 aliphatic heterocycles. The minimum Gasteiger partial charge on any atom is -0.489 e. The molecule has 37 heavy (non-hydrogen) atoms. The number of rotatable bonds is 8. The summed E-state index contributed by atoms with van der Waals surface area (Å²) >= 11 is 14.9. The average Bonchev–Trinajstić information content (AvgIpc) is 3.19. The molecule has 0 heterocycles. The van der Waals surface area contributed by atoms with E-state index in [9.17, 15) is 10.2 Å². The summed E-state index contributed by atoms with van der Waals surface area (Å²) in [4.78, 5) is 0. The highest BCUT2D eigenvalue weighted by molar-refractivity contribution is 9.11. The lowest BCUT2D eigenvalue weighted by Crippen LogP contribution is -2.29. The first-order valence-electron chi connectivity index (χ1n) is 11.6. The van der Waals surface area contributed by atoms with E-state index in [4.69, 9.17) is 9.47 Å². The lowest BCUT2D eigenvalue weighted by molar-refractivity contribution is 0.200. The van der Waals surface area contributed by atoms with Crippen molar-refractivity contribution < 1.29 is 19.7 Å². The molecule has 190 valence electrons. The molecule has 0 atom stereocenters. The van der Waals surface area contributed by atoms with Gasteiger partial charge in [0.1, 0.15) is 24.7 Å². The quantitative estimate of drug-likeness (QED) is 0.170. The minimum atomic E-state index is -0.645. The number of halogens is 4. The summed E-state index contributed by atoms with van der Waals surface area (Å²) in [5.74, 6) is 1.28. The van der Waals surface area contributed by atoms with Gasteiger partial charge in [0.05, 0.1) is 36.5 Å². The van der Waals surface area contributed by atoms with Crippen LogP contribution < -0.4 is 9.47 Å². The first-order valence-corrected chi connectivity index (χ1v) is 14.8. The number of hydrogen-bond donors (Lipinski definition) is 2. The van der Waals surface area contributed by atoms with Crippen molar-refractivity contribution in [1.82, 2.24) is 0 Å². The zero-order valence-electron chi connectivity index (χ0n) is 19.5. The number of aliphatic hydroxyl groups is 2. The molecular weight excluding hydrogens is 732 g/mol. The molecule has 4 aromatic rings. The van der Waals surface area contributed by atoms with E-state index in [-0.39, 0.29) is 26.4 Å². The van der Waals surface area contributed by atoms with E-state index in [0.29, 0.717) is 11.5 Å². The molecule has 1 aliphatic rings. The van der Waals surface area contributed by atoms with Crippen LogP contribution in [0.4, 0.5) is 0 Å². The van der Waals surface area contributed by atoms with Gasteiger partial charge < -0.3 is 19.7 Å². The van der Waals surface area contributed by atoms with Crippen LogP contribution in [0.1, 0.15) is 22.3 Å². The maximum Gasteiger partial charge on any atom is 0.147 e. The SMILES string of the molecule is OCCOc1c(Br)cc(C2(c3cc(Br)c(OCCO)c(Br)c3)c3ccccc3-c3ccccc32)cc1Br. The molecule has 2 N–H and O–H groups in total. The lowest BCUT2D eigenvalue weighted by atomic mass is 9.67. The highest BCUT2D eigenvalue weighted by Crippen LogP contribution is 2.58. The fourth-order valence-corrected chi connectivity index (χ4v) is 7.98. The molecule has 0 aromatic heterocycles. The summed E-state index contributed by atoms with van der Waals surface area (Å²) in [7, 11) is 0. The van der Waals surface area contributed by atoms with Crippen LogP contribution >= 0.6 is 63.7 Å². The number of ether oxygens (including phenoxy) is 2. The van der Waals surface area contributed by atoms with Crippen molar-refractivity contribution in [3.05, 3.63) is 113 Å². The van der Waals surface area contributed by atoms with Crippen molar-refractivity contribution in [3.8, 4) is 22.6 Å². The van der Waals surface area contributed by atoms with Crippen LogP contribution in [0, 0.1) is 0 Å². The summed E-state index contributed by atoms with van der Waals surface area (Å²) in [5, 5.41) is 18.6. The predicted molar refractivity (Wildman–Crippen MR) is 160 cm³/mol. The second-order valence-corrected chi connectivity index (χ2v) is 11.9. The van der Waals surface area contributed by atoms with Crippen LogP contribution in [0.25, 0.3) is 11.1 Å². The predicted octanol–water partition coefficient (Wildman–Crippen LogP) is 7.84. The van der Waals surface area contributed by atoms with E-state index in [0.717, 1.165) is 29.0 Å². The van der Waals surface area contributed by atoms with Crippen LogP contribution in [-0.4, -0.2) is 36.6 Å². The standard InChI is InChI=1S/C29H22Br4O4/c30-23-13-17(14-24(31)27(23)36-11-9-34)29(18-15-25(32)28(26(33)16-18)37-12-10-35)21-7-3-1-5-19(21)20-6-2-4-8-22(20)29/h1-8,13-16,34-35H,9-12H2. The van der Waals surface area contributed by atoms with Gasteiger partial charge in [0, 0.05) is 0 Å². The first kappa shape index (κ1) is 26.9. The van der Waals surface area contributed by atoms with E-state index < -0.39 is 5.41 Å². The molecule has 4 nitrogen and oxygen atoms in total. The minimum absolute atomic E-state index is 0.0714. The number of hydrogen-bond acceptors (Lipinski definition) is 4. The zero-order valence-corrected chi connectivity index (χ0v) is 25.8. The molecule has 8 heteroatoms. The van der Waals surface area contributed by atoms with Gasteiger partial charge in [0.15, 0.2) is 0 Å². The van der Waals surface area contributed by atoms with Gasteiger partial charge in [-0.3, -0.25) is 0 Å². The van der Waals surface area contributed by atoms with Crippen molar-refractivity contribution in [2.45, 2.75) is 5.41 Å². The molecule has 0 radical (unpaired) electrons. The van der Waals surface area contributed by atoms with Gasteiger partial charge in [0.2, 0.25) is 0 Å². The molecule has 0 fully saturated rings. The fraction of sp³-hybridized carbons (Fsp3) is 0.172. The van der Waals surface area contributed by atoms with Gasteiger partial charge in [0.25, 0.3) is 0 Å². The Morgan fingerprint density at radius 1 is 0.568 bits per heavy atom.